The number of amides is 1. The minimum atomic E-state index is -3.03. The van der Waals surface area contributed by atoms with Crippen LogP contribution in [0, 0.1) is 11.8 Å². The maximum Gasteiger partial charge on any atom is 0.226 e. The zero-order chi connectivity index (χ0) is 12.9. The van der Waals surface area contributed by atoms with E-state index in [1.165, 1.54) is 4.90 Å². The highest BCUT2D eigenvalue weighted by atomic mass is 32.2. The second-order valence-corrected chi connectivity index (χ2v) is 6.74. The molecule has 0 radical (unpaired) electrons. The summed E-state index contributed by atoms with van der Waals surface area (Å²) < 4.78 is 21.9. The lowest BCUT2D eigenvalue weighted by Crippen LogP contribution is -2.41. The molecule has 5 nitrogen and oxygen atoms in total. The van der Waals surface area contributed by atoms with Crippen LogP contribution in [-0.4, -0.2) is 51.4 Å². The van der Waals surface area contributed by atoms with E-state index in [1.807, 2.05) is 13.8 Å². The van der Waals surface area contributed by atoms with Crippen molar-refractivity contribution in [3.05, 3.63) is 0 Å². The number of hydrogen-bond acceptors (Lipinski definition) is 4. The lowest BCUT2D eigenvalue weighted by atomic mass is 9.95. The standard InChI is InChI=1S/C10H22N2O3S/c1-8(2)9(7-11)10(13)12(3)5-6-16(4,14)15/h8-9H,5-7,11H2,1-4H3. The lowest BCUT2D eigenvalue weighted by molar-refractivity contribution is -0.134. The SMILES string of the molecule is CC(C)C(CN)C(=O)N(C)CCS(C)(=O)=O. The van der Waals surface area contributed by atoms with E-state index in [2.05, 4.69) is 0 Å². The van der Waals surface area contributed by atoms with Crippen LogP contribution in [0.5, 0.6) is 0 Å². The van der Waals surface area contributed by atoms with Gasteiger partial charge in [-0.2, -0.15) is 0 Å². The largest absolute Gasteiger partial charge is 0.344 e. The van der Waals surface area contributed by atoms with Gasteiger partial charge in [0.1, 0.15) is 9.84 Å². The highest BCUT2D eigenvalue weighted by Gasteiger charge is 2.24. The molecule has 96 valence electrons. The van der Waals surface area contributed by atoms with E-state index >= 15 is 0 Å². The summed E-state index contributed by atoms with van der Waals surface area (Å²) in [6, 6.07) is 0. The van der Waals surface area contributed by atoms with Gasteiger partial charge >= 0.3 is 0 Å². The minimum Gasteiger partial charge on any atom is -0.344 e. The molecule has 0 aliphatic carbocycles. The van der Waals surface area contributed by atoms with Crippen molar-refractivity contribution in [2.45, 2.75) is 13.8 Å². The zero-order valence-corrected chi connectivity index (χ0v) is 11.3. The predicted octanol–water partition coefficient (Wildman–Crippen LogP) is -0.280. The van der Waals surface area contributed by atoms with Gasteiger partial charge in [-0.05, 0) is 5.92 Å². The van der Waals surface area contributed by atoms with Crippen LogP contribution in [0.2, 0.25) is 0 Å². The highest BCUT2D eigenvalue weighted by molar-refractivity contribution is 7.90. The molecule has 0 saturated carbocycles. The minimum absolute atomic E-state index is 0.00930. The molecule has 1 unspecified atom stereocenters. The first-order chi connectivity index (χ1) is 7.19. The molecular weight excluding hydrogens is 228 g/mol. The van der Waals surface area contributed by atoms with Crippen molar-refractivity contribution >= 4 is 15.7 Å². The third kappa shape index (κ3) is 5.46. The van der Waals surface area contributed by atoms with Gasteiger partial charge in [0.25, 0.3) is 0 Å². The molecule has 0 heterocycles. The third-order valence-corrected chi connectivity index (χ3v) is 3.47. The fourth-order valence-corrected chi connectivity index (χ4v) is 1.96. The van der Waals surface area contributed by atoms with Crippen LogP contribution in [0.4, 0.5) is 0 Å². The monoisotopic (exact) mass is 250 g/mol. The predicted molar refractivity (Wildman–Crippen MR) is 64.7 cm³/mol. The highest BCUT2D eigenvalue weighted by Crippen LogP contribution is 2.12. The Bertz CT molecular complexity index is 325. The molecule has 0 bridgehead atoms. The number of carbonyl (C=O) groups is 1. The molecular formula is C10H22N2O3S. The number of rotatable bonds is 6. The molecule has 0 spiro atoms. The van der Waals surface area contributed by atoms with E-state index in [-0.39, 0.29) is 30.0 Å². The van der Waals surface area contributed by atoms with Crippen LogP contribution in [0.15, 0.2) is 0 Å². The van der Waals surface area contributed by atoms with Crippen molar-refractivity contribution in [2.75, 3.05) is 32.1 Å². The fourth-order valence-electron chi connectivity index (χ4n) is 1.35. The summed E-state index contributed by atoms with van der Waals surface area (Å²) in [6.45, 7) is 4.38. The Morgan fingerprint density at radius 2 is 1.88 bits per heavy atom. The van der Waals surface area contributed by atoms with Gasteiger partial charge in [-0.15, -0.1) is 0 Å². The van der Waals surface area contributed by atoms with Crippen LogP contribution in [-0.2, 0) is 14.6 Å². The Balaban J connectivity index is 4.38. The lowest BCUT2D eigenvalue weighted by Gasteiger charge is -2.24. The van der Waals surface area contributed by atoms with Gasteiger partial charge in [-0.25, -0.2) is 8.42 Å². The molecule has 0 aliphatic heterocycles. The van der Waals surface area contributed by atoms with Gasteiger partial charge in [0.2, 0.25) is 5.91 Å². The molecule has 1 amide bonds. The van der Waals surface area contributed by atoms with Gasteiger partial charge in [0.15, 0.2) is 0 Å². The fraction of sp³-hybridized carbons (Fsp3) is 0.900. The molecule has 2 N–H and O–H groups in total. The second kappa shape index (κ2) is 6.20. The Morgan fingerprint density at radius 1 is 1.38 bits per heavy atom. The molecule has 0 aromatic rings. The molecule has 0 fully saturated rings. The first-order valence-corrected chi connectivity index (χ1v) is 7.38. The summed E-state index contributed by atoms with van der Waals surface area (Å²) in [6.07, 6.45) is 1.16. The van der Waals surface area contributed by atoms with Gasteiger partial charge in [0, 0.05) is 26.4 Å². The smallest absolute Gasteiger partial charge is 0.226 e. The normalized spacial score (nSPS) is 13.9. The van der Waals surface area contributed by atoms with Crippen LogP contribution in [0.1, 0.15) is 13.8 Å². The first kappa shape index (κ1) is 15.4. The van der Waals surface area contributed by atoms with E-state index < -0.39 is 9.84 Å². The molecule has 16 heavy (non-hydrogen) atoms. The van der Waals surface area contributed by atoms with Crippen LogP contribution < -0.4 is 5.73 Å². The zero-order valence-electron chi connectivity index (χ0n) is 10.4. The Morgan fingerprint density at radius 3 is 2.19 bits per heavy atom. The third-order valence-electron chi connectivity index (χ3n) is 2.55. The molecule has 0 rings (SSSR count). The van der Waals surface area contributed by atoms with Crippen molar-refractivity contribution in [1.82, 2.24) is 4.90 Å². The summed E-state index contributed by atoms with van der Waals surface area (Å²) in [5.74, 6) is -0.158. The summed E-state index contributed by atoms with van der Waals surface area (Å²) in [7, 11) is -1.42. The summed E-state index contributed by atoms with van der Waals surface area (Å²) >= 11 is 0. The molecule has 1 atom stereocenters. The average molecular weight is 250 g/mol. The average Bonchev–Trinajstić information content (AvgIpc) is 2.13. The number of hydrogen-bond donors (Lipinski definition) is 1. The summed E-state index contributed by atoms with van der Waals surface area (Å²) in [5.41, 5.74) is 5.53. The summed E-state index contributed by atoms with van der Waals surface area (Å²) in [5, 5.41) is 0. The number of sulfone groups is 1. The Kier molecular flexibility index (Phi) is 5.96. The quantitative estimate of drug-likeness (QED) is 0.703. The van der Waals surface area contributed by atoms with Gasteiger partial charge in [0.05, 0.1) is 11.7 Å². The summed E-state index contributed by atoms with van der Waals surface area (Å²) in [4.78, 5) is 13.3. The van der Waals surface area contributed by atoms with Crippen molar-refractivity contribution in [3.63, 3.8) is 0 Å². The van der Waals surface area contributed by atoms with Crippen LogP contribution in [0.25, 0.3) is 0 Å². The van der Waals surface area contributed by atoms with E-state index in [9.17, 15) is 13.2 Å². The van der Waals surface area contributed by atoms with E-state index in [0.717, 1.165) is 6.26 Å². The Labute approximate surface area is 97.9 Å². The number of nitrogens with two attached hydrogens (primary N) is 1. The van der Waals surface area contributed by atoms with Crippen molar-refractivity contribution in [1.29, 1.82) is 0 Å². The number of nitrogens with zero attached hydrogens (tertiary/aromatic N) is 1. The van der Waals surface area contributed by atoms with Gasteiger partial charge in [-0.3, -0.25) is 4.79 Å². The van der Waals surface area contributed by atoms with E-state index in [0.29, 0.717) is 6.54 Å². The van der Waals surface area contributed by atoms with Crippen molar-refractivity contribution in [2.24, 2.45) is 17.6 Å². The Hall–Kier alpha value is -0.620. The molecule has 6 heteroatoms. The topological polar surface area (TPSA) is 80.5 Å². The number of carbonyl (C=O) groups excluding carboxylic acids is 1. The molecule has 0 aliphatic rings. The van der Waals surface area contributed by atoms with Gasteiger partial charge in [-0.1, -0.05) is 13.8 Å². The molecule has 0 aromatic heterocycles. The molecule has 0 aromatic carbocycles. The maximum atomic E-state index is 11.9. The van der Waals surface area contributed by atoms with E-state index in [4.69, 9.17) is 5.73 Å². The van der Waals surface area contributed by atoms with Crippen LogP contribution in [0.3, 0.4) is 0 Å². The second-order valence-electron chi connectivity index (χ2n) is 4.48. The van der Waals surface area contributed by atoms with Crippen molar-refractivity contribution < 1.29 is 13.2 Å². The molecule has 0 saturated heterocycles. The first-order valence-electron chi connectivity index (χ1n) is 5.31. The van der Waals surface area contributed by atoms with Crippen molar-refractivity contribution in [3.8, 4) is 0 Å². The maximum absolute atomic E-state index is 11.9. The van der Waals surface area contributed by atoms with E-state index in [1.54, 1.807) is 7.05 Å². The van der Waals surface area contributed by atoms with Crippen LogP contribution >= 0.6 is 0 Å². The van der Waals surface area contributed by atoms with Gasteiger partial charge < -0.3 is 10.6 Å².